The summed E-state index contributed by atoms with van der Waals surface area (Å²) in [5.41, 5.74) is 6.09. The number of rotatable bonds is 3. The Hall–Kier alpha value is -1.40. The molecule has 0 saturated carbocycles. The quantitative estimate of drug-likeness (QED) is 0.813. The molecule has 0 fully saturated rings. The molecule has 0 spiro atoms. The number of aromatic nitrogens is 3. The standard InChI is InChI=1S/C9H13N5S/c1-11-9-13-12-8(14(9)2)7(10)6-4-3-5-15-6/h3-5,7H,10H2,1-2H3,(H,11,13). The van der Waals surface area contributed by atoms with E-state index in [0.29, 0.717) is 0 Å². The normalized spacial score (nSPS) is 12.7. The summed E-state index contributed by atoms with van der Waals surface area (Å²) in [6, 6.07) is 3.78. The Balaban J connectivity index is 2.34. The van der Waals surface area contributed by atoms with Gasteiger partial charge in [0.25, 0.3) is 0 Å². The maximum Gasteiger partial charge on any atom is 0.224 e. The third kappa shape index (κ3) is 1.73. The molecule has 2 aromatic heterocycles. The van der Waals surface area contributed by atoms with Gasteiger partial charge in [-0.15, -0.1) is 21.5 Å². The maximum absolute atomic E-state index is 6.09. The molecule has 5 nitrogen and oxygen atoms in total. The molecule has 0 aliphatic carbocycles. The van der Waals surface area contributed by atoms with E-state index in [2.05, 4.69) is 15.5 Å². The molecule has 2 rings (SSSR count). The Morgan fingerprint density at radius 3 is 2.87 bits per heavy atom. The van der Waals surface area contributed by atoms with Crippen molar-refractivity contribution in [1.29, 1.82) is 0 Å². The van der Waals surface area contributed by atoms with Crippen molar-refractivity contribution < 1.29 is 0 Å². The summed E-state index contributed by atoms with van der Waals surface area (Å²) in [4.78, 5) is 1.09. The van der Waals surface area contributed by atoms with Gasteiger partial charge in [-0.3, -0.25) is 4.57 Å². The number of anilines is 1. The van der Waals surface area contributed by atoms with Crippen LogP contribution in [-0.4, -0.2) is 21.8 Å². The van der Waals surface area contributed by atoms with Crippen LogP contribution in [0.2, 0.25) is 0 Å². The van der Waals surface area contributed by atoms with Crippen LogP contribution in [0.5, 0.6) is 0 Å². The lowest BCUT2D eigenvalue weighted by molar-refractivity contribution is 0.726. The predicted octanol–water partition coefficient (Wildman–Crippen LogP) is 0.966. The van der Waals surface area contributed by atoms with Gasteiger partial charge in [0.1, 0.15) is 6.04 Å². The molecular weight excluding hydrogens is 210 g/mol. The summed E-state index contributed by atoms with van der Waals surface area (Å²) in [6.45, 7) is 0. The Bertz CT molecular complexity index is 433. The van der Waals surface area contributed by atoms with Crippen LogP contribution in [0.25, 0.3) is 0 Å². The van der Waals surface area contributed by atoms with Crippen molar-refractivity contribution in [3.05, 3.63) is 28.2 Å². The highest BCUT2D eigenvalue weighted by Crippen LogP contribution is 2.22. The monoisotopic (exact) mass is 223 g/mol. The van der Waals surface area contributed by atoms with Crippen molar-refractivity contribution in [1.82, 2.24) is 14.8 Å². The molecule has 3 N–H and O–H groups in total. The van der Waals surface area contributed by atoms with Crippen molar-refractivity contribution in [3.63, 3.8) is 0 Å². The molecule has 6 heteroatoms. The lowest BCUT2D eigenvalue weighted by Gasteiger charge is -2.09. The number of hydrogen-bond donors (Lipinski definition) is 2. The molecule has 0 radical (unpaired) electrons. The maximum atomic E-state index is 6.09. The van der Waals surface area contributed by atoms with E-state index in [1.807, 2.05) is 36.2 Å². The molecular formula is C9H13N5S. The topological polar surface area (TPSA) is 68.8 Å². The largest absolute Gasteiger partial charge is 0.357 e. The van der Waals surface area contributed by atoms with E-state index >= 15 is 0 Å². The summed E-state index contributed by atoms with van der Waals surface area (Å²) in [7, 11) is 3.71. The fourth-order valence-electron chi connectivity index (χ4n) is 1.43. The second-order valence-electron chi connectivity index (χ2n) is 3.18. The number of hydrogen-bond acceptors (Lipinski definition) is 5. The van der Waals surface area contributed by atoms with Crippen LogP contribution in [0.15, 0.2) is 17.5 Å². The van der Waals surface area contributed by atoms with Crippen molar-refractivity contribution in [2.75, 3.05) is 12.4 Å². The molecule has 2 heterocycles. The molecule has 0 aliphatic rings. The average Bonchev–Trinajstić information content (AvgIpc) is 2.85. The third-order valence-electron chi connectivity index (χ3n) is 2.26. The highest BCUT2D eigenvalue weighted by molar-refractivity contribution is 7.10. The van der Waals surface area contributed by atoms with Gasteiger partial charge in [-0.1, -0.05) is 6.07 Å². The lowest BCUT2D eigenvalue weighted by atomic mass is 10.2. The van der Waals surface area contributed by atoms with Gasteiger partial charge in [0.05, 0.1) is 0 Å². The van der Waals surface area contributed by atoms with Gasteiger partial charge in [-0.25, -0.2) is 0 Å². The van der Waals surface area contributed by atoms with E-state index in [0.717, 1.165) is 16.6 Å². The van der Waals surface area contributed by atoms with Gasteiger partial charge in [0, 0.05) is 19.0 Å². The van der Waals surface area contributed by atoms with Crippen LogP contribution in [0.4, 0.5) is 5.95 Å². The second-order valence-corrected chi connectivity index (χ2v) is 4.16. The van der Waals surface area contributed by atoms with Gasteiger partial charge >= 0.3 is 0 Å². The first-order valence-corrected chi connectivity index (χ1v) is 5.48. The molecule has 1 unspecified atom stereocenters. The summed E-state index contributed by atoms with van der Waals surface area (Å²) in [5, 5.41) is 13.0. The Kier molecular flexibility index (Phi) is 2.70. The molecule has 0 bridgehead atoms. The molecule has 0 aliphatic heterocycles. The minimum Gasteiger partial charge on any atom is -0.357 e. The second kappa shape index (κ2) is 4.00. The van der Waals surface area contributed by atoms with Crippen LogP contribution in [0.1, 0.15) is 16.7 Å². The SMILES string of the molecule is CNc1nnc(C(N)c2cccs2)n1C. The molecule has 0 saturated heterocycles. The highest BCUT2D eigenvalue weighted by Gasteiger charge is 2.17. The van der Waals surface area contributed by atoms with E-state index in [1.54, 1.807) is 11.3 Å². The average molecular weight is 223 g/mol. The number of thiophene rings is 1. The van der Waals surface area contributed by atoms with Crippen LogP contribution < -0.4 is 11.1 Å². The Morgan fingerprint density at radius 1 is 1.53 bits per heavy atom. The predicted molar refractivity (Wildman–Crippen MR) is 60.9 cm³/mol. The Morgan fingerprint density at radius 2 is 2.33 bits per heavy atom. The third-order valence-corrected chi connectivity index (χ3v) is 3.22. The first kappa shape index (κ1) is 10.1. The number of nitrogens with two attached hydrogens (primary N) is 1. The number of nitrogens with zero attached hydrogens (tertiary/aromatic N) is 3. The molecule has 80 valence electrons. The van der Waals surface area contributed by atoms with E-state index in [4.69, 9.17) is 5.73 Å². The molecule has 0 aromatic carbocycles. The van der Waals surface area contributed by atoms with Crippen LogP contribution in [0, 0.1) is 0 Å². The zero-order valence-corrected chi connectivity index (χ0v) is 9.45. The van der Waals surface area contributed by atoms with Gasteiger partial charge in [0.15, 0.2) is 5.82 Å². The summed E-state index contributed by atoms with van der Waals surface area (Å²) < 4.78 is 1.87. The van der Waals surface area contributed by atoms with Crippen molar-refractivity contribution >= 4 is 17.3 Å². The van der Waals surface area contributed by atoms with E-state index < -0.39 is 0 Å². The molecule has 1 atom stereocenters. The summed E-state index contributed by atoms with van der Waals surface area (Å²) >= 11 is 1.62. The van der Waals surface area contributed by atoms with Gasteiger partial charge < -0.3 is 11.1 Å². The van der Waals surface area contributed by atoms with Crippen molar-refractivity contribution in [2.24, 2.45) is 12.8 Å². The molecule has 15 heavy (non-hydrogen) atoms. The highest BCUT2D eigenvalue weighted by atomic mass is 32.1. The zero-order chi connectivity index (χ0) is 10.8. The Labute approximate surface area is 91.9 Å². The van der Waals surface area contributed by atoms with E-state index in [-0.39, 0.29) is 6.04 Å². The van der Waals surface area contributed by atoms with Gasteiger partial charge in [-0.2, -0.15) is 0 Å². The first-order chi connectivity index (χ1) is 7.24. The lowest BCUT2D eigenvalue weighted by Crippen LogP contribution is -2.16. The minimum atomic E-state index is -0.204. The fraction of sp³-hybridized carbons (Fsp3) is 0.333. The van der Waals surface area contributed by atoms with Crippen molar-refractivity contribution in [3.8, 4) is 0 Å². The van der Waals surface area contributed by atoms with E-state index in [1.165, 1.54) is 0 Å². The minimum absolute atomic E-state index is 0.204. The number of nitrogens with one attached hydrogen (secondary N) is 1. The van der Waals surface area contributed by atoms with Gasteiger partial charge in [0.2, 0.25) is 5.95 Å². The van der Waals surface area contributed by atoms with Crippen LogP contribution in [0.3, 0.4) is 0 Å². The van der Waals surface area contributed by atoms with Gasteiger partial charge in [-0.05, 0) is 11.4 Å². The summed E-state index contributed by atoms with van der Waals surface area (Å²) in [6.07, 6.45) is 0. The van der Waals surface area contributed by atoms with Crippen molar-refractivity contribution in [2.45, 2.75) is 6.04 Å². The molecule has 2 aromatic rings. The van der Waals surface area contributed by atoms with Crippen LogP contribution >= 0.6 is 11.3 Å². The fourth-order valence-corrected chi connectivity index (χ4v) is 2.15. The van der Waals surface area contributed by atoms with E-state index in [9.17, 15) is 0 Å². The van der Waals surface area contributed by atoms with Crippen LogP contribution in [-0.2, 0) is 7.05 Å². The molecule has 0 amide bonds. The zero-order valence-electron chi connectivity index (χ0n) is 8.64. The smallest absolute Gasteiger partial charge is 0.224 e. The summed E-state index contributed by atoms with van der Waals surface area (Å²) in [5.74, 6) is 1.49. The first-order valence-electron chi connectivity index (χ1n) is 4.60.